The Bertz CT molecular complexity index is 979. The van der Waals surface area contributed by atoms with E-state index in [9.17, 15) is 0 Å². The highest BCUT2D eigenvalue weighted by atomic mass is 16.7. The number of benzene rings is 2. The van der Waals surface area contributed by atoms with E-state index in [1.165, 1.54) is 60.8 Å². The quantitative estimate of drug-likeness (QED) is 0.311. The molecule has 2 saturated heterocycles. The Balaban J connectivity index is 1.31. The summed E-state index contributed by atoms with van der Waals surface area (Å²) in [5, 5.41) is 4.54. The van der Waals surface area contributed by atoms with Crippen molar-refractivity contribution < 1.29 is 9.68 Å². The fraction of sp³-hybridized carbons (Fsp3) is 0.667. The van der Waals surface area contributed by atoms with Gasteiger partial charge in [-0.05, 0) is 143 Å². The largest absolute Gasteiger partial charge is 0.290 e. The van der Waals surface area contributed by atoms with Crippen LogP contribution in [-0.2, 0) is 22.5 Å². The van der Waals surface area contributed by atoms with Crippen molar-refractivity contribution in [1.82, 2.24) is 10.1 Å². The fourth-order valence-corrected chi connectivity index (χ4v) is 7.16. The minimum Gasteiger partial charge on any atom is -0.290 e. The summed E-state index contributed by atoms with van der Waals surface area (Å²) >= 11 is 0. The Morgan fingerprint density at radius 2 is 0.800 bits per heavy atom. The van der Waals surface area contributed by atoms with E-state index < -0.39 is 0 Å². The number of hydroxylamine groups is 4. The van der Waals surface area contributed by atoms with Crippen molar-refractivity contribution in [3.8, 4) is 0 Å². The van der Waals surface area contributed by atoms with Gasteiger partial charge in [-0.3, -0.25) is 9.68 Å². The van der Waals surface area contributed by atoms with Crippen LogP contribution in [0, 0.1) is 0 Å². The van der Waals surface area contributed by atoms with Gasteiger partial charge in [-0.25, -0.2) is 0 Å². The molecule has 0 N–H and O–H groups in total. The summed E-state index contributed by atoms with van der Waals surface area (Å²) in [7, 11) is 0. The summed E-state index contributed by atoms with van der Waals surface area (Å²) in [6.07, 6.45) is 9.32. The van der Waals surface area contributed by atoms with Gasteiger partial charge in [0.2, 0.25) is 0 Å². The van der Waals surface area contributed by atoms with Crippen molar-refractivity contribution in [1.29, 1.82) is 0 Å². The lowest BCUT2D eigenvalue weighted by Crippen LogP contribution is -2.58. The van der Waals surface area contributed by atoms with Crippen molar-refractivity contribution >= 4 is 0 Å². The van der Waals surface area contributed by atoms with Gasteiger partial charge in [0.25, 0.3) is 0 Å². The average Bonchev–Trinajstić information content (AvgIpc) is 2.87. The molecule has 222 valence electrons. The maximum absolute atomic E-state index is 6.60. The van der Waals surface area contributed by atoms with Gasteiger partial charge >= 0.3 is 0 Å². The summed E-state index contributed by atoms with van der Waals surface area (Å²) in [6.45, 7) is 22.8. The molecule has 2 aliphatic heterocycles. The van der Waals surface area contributed by atoms with Crippen LogP contribution in [0.3, 0.4) is 0 Å². The van der Waals surface area contributed by atoms with Gasteiger partial charge in [0.1, 0.15) is 12.2 Å². The predicted octanol–water partition coefficient (Wildman–Crippen LogP) is 9.54. The molecule has 0 amide bonds. The first kappa shape index (κ1) is 31.2. The van der Waals surface area contributed by atoms with E-state index in [1.54, 1.807) is 0 Å². The molecular weight excluding hydrogens is 492 g/mol. The fourth-order valence-electron chi connectivity index (χ4n) is 7.16. The van der Waals surface area contributed by atoms with Crippen molar-refractivity contribution in [3.63, 3.8) is 0 Å². The van der Waals surface area contributed by atoms with Gasteiger partial charge in [0.15, 0.2) is 0 Å². The number of piperidine rings is 2. The summed E-state index contributed by atoms with van der Waals surface area (Å²) in [5.74, 6) is 0. The molecule has 4 rings (SSSR count). The first-order valence-electron chi connectivity index (χ1n) is 15.7. The zero-order valence-electron chi connectivity index (χ0n) is 27.1. The van der Waals surface area contributed by atoms with E-state index in [2.05, 4.69) is 128 Å². The third-order valence-corrected chi connectivity index (χ3v) is 9.48. The Morgan fingerprint density at radius 1 is 0.525 bits per heavy atom. The third-order valence-electron chi connectivity index (χ3n) is 9.48. The molecule has 4 heteroatoms. The van der Waals surface area contributed by atoms with Crippen LogP contribution in [0.1, 0.15) is 142 Å². The van der Waals surface area contributed by atoms with Crippen LogP contribution >= 0.6 is 0 Å². The van der Waals surface area contributed by atoms with Gasteiger partial charge in [-0.2, -0.15) is 10.1 Å². The van der Waals surface area contributed by atoms with Crippen molar-refractivity contribution in [2.75, 3.05) is 0 Å². The Labute approximate surface area is 245 Å². The van der Waals surface area contributed by atoms with Crippen LogP contribution in [0.2, 0.25) is 0 Å². The topological polar surface area (TPSA) is 24.9 Å². The maximum Gasteiger partial charge on any atom is 0.102 e. The molecule has 2 fully saturated rings. The maximum atomic E-state index is 6.60. The van der Waals surface area contributed by atoms with Crippen molar-refractivity contribution in [3.05, 3.63) is 70.8 Å². The molecule has 2 aromatic rings. The van der Waals surface area contributed by atoms with E-state index in [-0.39, 0.29) is 34.4 Å². The summed E-state index contributed by atoms with van der Waals surface area (Å²) in [4.78, 5) is 13.2. The van der Waals surface area contributed by atoms with E-state index in [0.717, 1.165) is 12.8 Å². The standard InChI is InChI=1S/C36H56N2O2/c1-27(39-37-33(3,4)23-11-24-34(37,5)6)31-19-15-29(16-20-31)13-14-30-17-21-32(22-18-30)28(2)40-38-35(7,8)25-12-26-36(38,9)10/h15-22,27-28H,11-14,23-26H2,1-10H3. The van der Waals surface area contributed by atoms with Crippen LogP contribution < -0.4 is 0 Å². The molecule has 0 saturated carbocycles. The zero-order chi connectivity index (χ0) is 29.3. The van der Waals surface area contributed by atoms with Crippen molar-refractivity contribution in [2.45, 2.75) is 155 Å². The molecule has 0 aliphatic carbocycles. The summed E-state index contributed by atoms with van der Waals surface area (Å²) in [5.41, 5.74) is 5.41. The Morgan fingerprint density at radius 3 is 1.07 bits per heavy atom. The average molecular weight is 549 g/mol. The van der Waals surface area contributed by atoms with Gasteiger partial charge in [-0.1, -0.05) is 48.5 Å². The molecule has 0 aromatic heterocycles. The monoisotopic (exact) mass is 548 g/mol. The number of rotatable bonds is 9. The molecule has 2 unspecified atom stereocenters. The van der Waals surface area contributed by atoms with E-state index in [1.807, 2.05) is 0 Å². The van der Waals surface area contributed by atoms with Gasteiger partial charge in [0, 0.05) is 22.2 Å². The second-order valence-corrected chi connectivity index (χ2v) is 15.0. The van der Waals surface area contributed by atoms with Crippen LogP contribution in [0.25, 0.3) is 0 Å². The third kappa shape index (κ3) is 7.18. The van der Waals surface area contributed by atoms with E-state index in [0.29, 0.717) is 0 Å². The highest BCUT2D eigenvalue weighted by molar-refractivity contribution is 5.27. The molecule has 0 bridgehead atoms. The molecule has 2 aliphatic rings. The van der Waals surface area contributed by atoms with Crippen LogP contribution in [0.5, 0.6) is 0 Å². The Kier molecular flexibility index (Phi) is 9.27. The van der Waals surface area contributed by atoms with Gasteiger partial charge < -0.3 is 0 Å². The predicted molar refractivity (Wildman–Crippen MR) is 167 cm³/mol. The lowest BCUT2D eigenvalue weighted by molar-refractivity contribution is -0.304. The van der Waals surface area contributed by atoms with E-state index >= 15 is 0 Å². The smallest absolute Gasteiger partial charge is 0.102 e. The second kappa shape index (κ2) is 11.9. The minimum atomic E-state index is 0.0311. The molecule has 0 spiro atoms. The lowest BCUT2D eigenvalue weighted by Gasteiger charge is -2.52. The van der Waals surface area contributed by atoms with Crippen LogP contribution in [-0.4, -0.2) is 32.3 Å². The van der Waals surface area contributed by atoms with E-state index in [4.69, 9.17) is 9.68 Å². The first-order valence-corrected chi connectivity index (χ1v) is 15.7. The molecule has 2 aromatic carbocycles. The second-order valence-electron chi connectivity index (χ2n) is 15.0. The highest BCUT2D eigenvalue weighted by Gasteiger charge is 2.44. The lowest BCUT2D eigenvalue weighted by atomic mass is 9.82. The molecule has 2 atom stereocenters. The van der Waals surface area contributed by atoms with Gasteiger partial charge in [-0.15, -0.1) is 0 Å². The number of hydrogen-bond acceptors (Lipinski definition) is 4. The van der Waals surface area contributed by atoms with Gasteiger partial charge in [0.05, 0.1) is 0 Å². The first-order chi connectivity index (χ1) is 18.6. The summed E-state index contributed by atoms with van der Waals surface area (Å²) < 4.78 is 0. The molecule has 0 radical (unpaired) electrons. The summed E-state index contributed by atoms with van der Waals surface area (Å²) in [6, 6.07) is 18.1. The number of hydrogen-bond donors (Lipinski definition) is 0. The molecule has 4 nitrogen and oxygen atoms in total. The Hall–Kier alpha value is -1.72. The molecule has 40 heavy (non-hydrogen) atoms. The highest BCUT2D eigenvalue weighted by Crippen LogP contribution is 2.41. The number of nitrogens with zero attached hydrogens (tertiary/aromatic N) is 2. The van der Waals surface area contributed by atoms with Crippen molar-refractivity contribution in [2.24, 2.45) is 0 Å². The molecule has 2 heterocycles. The zero-order valence-corrected chi connectivity index (χ0v) is 27.1. The molecular formula is C36H56N2O2. The normalized spacial score (nSPS) is 23.9. The SMILES string of the molecule is CC(ON1C(C)(C)CCCC1(C)C)c1ccc(CCc2ccc(C(C)ON3C(C)(C)CCCC3(C)C)cc2)cc1. The van der Waals surface area contributed by atoms with Crippen LogP contribution in [0.4, 0.5) is 0 Å². The minimum absolute atomic E-state index is 0.0311. The number of aryl methyl sites for hydroxylation is 2. The van der Waals surface area contributed by atoms with Crippen LogP contribution in [0.15, 0.2) is 48.5 Å².